The van der Waals surface area contributed by atoms with Gasteiger partial charge in [0.15, 0.2) is 0 Å². The summed E-state index contributed by atoms with van der Waals surface area (Å²) in [6.07, 6.45) is 3.53. The summed E-state index contributed by atoms with van der Waals surface area (Å²) in [6, 6.07) is 10.7. The Morgan fingerprint density at radius 3 is 2.58 bits per heavy atom. The fourth-order valence-corrected chi connectivity index (χ4v) is 2.70. The van der Waals surface area contributed by atoms with E-state index in [4.69, 9.17) is 0 Å². The second kappa shape index (κ2) is 6.83. The Balaban J connectivity index is 1.86. The first-order valence-electron chi connectivity index (χ1n) is 8.00. The summed E-state index contributed by atoms with van der Waals surface area (Å²) in [4.78, 5) is 38.0. The van der Waals surface area contributed by atoms with E-state index in [1.165, 1.54) is 29.6 Å². The van der Waals surface area contributed by atoms with Crippen LogP contribution in [0, 0.1) is 0 Å². The Bertz CT molecular complexity index is 1060. The van der Waals surface area contributed by atoms with Crippen LogP contribution in [0.1, 0.15) is 16.1 Å². The second-order valence-corrected chi connectivity index (χ2v) is 6.05. The molecule has 26 heavy (non-hydrogen) atoms. The standard InChI is InChI=1S/C18H19N5O3/c1-20(17(25)15-11-16(24)22(3)18(26)21(15)2)12-13-6-4-7-14(10-13)23-9-5-8-19-23/h4-11H,12H2,1-3H3. The molecular weight excluding hydrogens is 334 g/mol. The molecule has 3 aromatic rings. The number of nitrogens with zero attached hydrogens (tertiary/aromatic N) is 5. The average molecular weight is 353 g/mol. The van der Waals surface area contributed by atoms with Gasteiger partial charge in [0, 0.05) is 46.1 Å². The first-order chi connectivity index (χ1) is 12.4. The number of carbonyl (C=O) groups excluding carboxylic acids is 1. The van der Waals surface area contributed by atoms with Gasteiger partial charge < -0.3 is 4.90 Å². The number of aromatic nitrogens is 4. The fraction of sp³-hybridized carbons (Fsp3) is 0.222. The second-order valence-electron chi connectivity index (χ2n) is 6.05. The molecule has 0 N–H and O–H groups in total. The quantitative estimate of drug-likeness (QED) is 0.686. The van der Waals surface area contributed by atoms with Crippen LogP contribution >= 0.6 is 0 Å². The number of rotatable bonds is 4. The van der Waals surface area contributed by atoms with Crippen LogP contribution < -0.4 is 11.2 Å². The summed E-state index contributed by atoms with van der Waals surface area (Å²) in [6.45, 7) is 0.331. The third kappa shape index (κ3) is 3.21. The summed E-state index contributed by atoms with van der Waals surface area (Å²) in [7, 11) is 4.48. The highest BCUT2D eigenvalue weighted by atomic mass is 16.2. The lowest BCUT2D eigenvalue weighted by atomic mass is 10.2. The SMILES string of the molecule is CN(Cc1cccc(-n2cccn2)c1)C(=O)c1cc(=O)n(C)c(=O)n1C. The maximum Gasteiger partial charge on any atom is 0.331 e. The van der Waals surface area contributed by atoms with Gasteiger partial charge in [0.05, 0.1) is 5.69 Å². The van der Waals surface area contributed by atoms with E-state index in [1.54, 1.807) is 17.9 Å². The zero-order valence-electron chi connectivity index (χ0n) is 14.8. The van der Waals surface area contributed by atoms with Gasteiger partial charge in [0.25, 0.3) is 11.5 Å². The fourth-order valence-electron chi connectivity index (χ4n) is 2.70. The van der Waals surface area contributed by atoms with Crippen LogP contribution in [0.2, 0.25) is 0 Å². The Kier molecular flexibility index (Phi) is 4.57. The molecule has 0 aliphatic heterocycles. The first-order valence-corrected chi connectivity index (χ1v) is 8.00. The molecule has 0 unspecified atom stereocenters. The van der Waals surface area contributed by atoms with Gasteiger partial charge in [-0.2, -0.15) is 5.10 Å². The normalized spacial score (nSPS) is 10.7. The van der Waals surface area contributed by atoms with Gasteiger partial charge in [-0.3, -0.25) is 18.7 Å². The minimum absolute atomic E-state index is 0.0591. The number of carbonyl (C=O) groups is 1. The van der Waals surface area contributed by atoms with Crippen molar-refractivity contribution in [1.29, 1.82) is 0 Å². The van der Waals surface area contributed by atoms with Gasteiger partial charge in [0.2, 0.25) is 0 Å². The highest BCUT2D eigenvalue weighted by molar-refractivity contribution is 5.92. The van der Waals surface area contributed by atoms with Gasteiger partial charge in [0.1, 0.15) is 5.69 Å². The molecule has 0 atom stereocenters. The Morgan fingerprint density at radius 2 is 1.88 bits per heavy atom. The van der Waals surface area contributed by atoms with Crippen molar-refractivity contribution in [2.45, 2.75) is 6.54 Å². The van der Waals surface area contributed by atoms with E-state index < -0.39 is 17.2 Å². The van der Waals surface area contributed by atoms with Crippen LogP contribution in [0.3, 0.4) is 0 Å². The molecule has 2 aromatic heterocycles. The minimum atomic E-state index is -0.532. The molecule has 0 saturated heterocycles. The molecule has 8 nitrogen and oxygen atoms in total. The van der Waals surface area contributed by atoms with Crippen molar-refractivity contribution in [1.82, 2.24) is 23.8 Å². The van der Waals surface area contributed by atoms with Crippen LogP contribution in [0.25, 0.3) is 5.69 Å². The van der Waals surface area contributed by atoms with Crippen LogP contribution in [-0.4, -0.2) is 36.8 Å². The van der Waals surface area contributed by atoms with Crippen molar-refractivity contribution < 1.29 is 4.79 Å². The lowest BCUT2D eigenvalue weighted by Gasteiger charge is -2.19. The lowest BCUT2D eigenvalue weighted by Crippen LogP contribution is -2.41. The van der Waals surface area contributed by atoms with Crippen molar-refractivity contribution in [2.24, 2.45) is 14.1 Å². The molecule has 8 heteroatoms. The highest BCUT2D eigenvalue weighted by Crippen LogP contribution is 2.12. The van der Waals surface area contributed by atoms with Gasteiger partial charge in [-0.25, -0.2) is 9.48 Å². The van der Waals surface area contributed by atoms with E-state index in [2.05, 4.69) is 5.10 Å². The molecule has 0 radical (unpaired) electrons. The van der Waals surface area contributed by atoms with Crippen molar-refractivity contribution in [3.05, 3.63) is 80.9 Å². The summed E-state index contributed by atoms with van der Waals surface area (Å²) < 4.78 is 3.88. The van der Waals surface area contributed by atoms with Crippen molar-refractivity contribution in [3.8, 4) is 5.69 Å². The summed E-state index contributed by atoms with van der Waals surface area (Å²) in [5.74, 6) is -0.396. The topological polar surface area (TPSA) is 82.1 Å². The minimum Gasteiger partial charge on any atom is -0.336 e. The van der Waals surface area contributed by atoms with E-state index in [1.807, 2.05) is 36.5 Å². The predicted octanol–water partition coefficient (Wildman–Crippen LogP) is 0.542. The zero-order valence-corrected chi connectivity index (χ0v) is 14.8. The smallest absolute Gasteiger partial charge is 0.331 e. The van der Waals surface area contributed by atoms with Gasteiger partial charge in [-0.05, 0) is 23.8 Å². The van der Waals surface area contributed by atoms with Gasteiger partial charge >= 0.3 is 5.69 Å². The Hall–Kier alpha value is -3.42. The van der Waals surface area contributed by atoms with Crippen LogP contribution in [0.15, 0.2) is 58.4 Å². The molecule has 0 saturated carbocycles. The van der Waals surface area contributed by atoms with Crippen LogP contribution in [-0.2, 0) is 20.6 Å². The third-order valence-corrected chi connectivity index (χ3v) is 4.19. The Labute approximate surface area is 149 Å². The zero-order chi connectivity index (χ0) is 18.8. The number of benzene rings is 1. The third-order valence-electron chi connectivity index (χ3n) is 4.19. The highest BCUT2D eigenvalue weighted by Gasteiger charge is 2.18. The average Bonchev–Trinajstić information content (AvgIpc) is 3.17. The van der Waals surface area contributed by atoms with Crippen molar-refractivity contribution in [2.75, 3.05) is 7.05 Å². The van der Waals surface area contributed by atoms with E-state index in [9.17, 15) is 14.4 Å². The van der Waals surface area contributed by atoms with E-state index in [0.717, 1.165) is 15.8 Å². The molecule has 0 bridgehead atoms. The summed E-state index contributed by atoms with van der Waals surface area (Å²) >= 11 is 0. The lowest BCUT2D eigenvalue weighted by molar-refractivity contribution is 0.0773. The maximum absolute atomic E-state index is 12.7. The molecular formula is C18H19N5O3. The van der Waals surface area contributed by atoms with Crippen LogP contribution in [0.4, 0.5) is 0 Å². The first kappa shape index (κ1) is 17.4. The van der Waals surface area contributed by atoms with Crippen molar-refractivity contribution in [3.63, 3.8) is 0 Å². The molecule has 2 heterocycles. The molecule has 1 amide bonds. The van der Waals surface area contributed by atoms with Gasteiger partial charge in [-0.1, -0.05) is 12.1 Å². The molecule has 0 fully saturated rings. The summed E-state index contributed by atoms with van der Waals surface area (Å²) in [5, 5.41) is 4.19. The van der Waals surface area contributed by atoms with E-state index >= 15 is 0 Å². The largest absolute Gasteiger partial charge is 0.336 e. The molecule has 1 aromatic carbocycles. The predicted molar refractivity (Wildman–Crippen MR) is 96.3 cm³/mol. The molecule has 0 aliphatic carbocycles. The van der Waals surface area contributed by atoms with Crippen molar-refractivity contribution >= 4 is 5.91 Å². The molecule has 0 spiro atoms. The molecule has 0 aliphatic rings. The monoisotopic (exact) mass is 353 g/mol. The number of hydrogen-bond acceptors (Lipinski definition) is 4. The van der Waals surface area contributed by atoms with Crippen LogP contribution in [0.5, 0.6) is 0 Å². The molecule has 3 rings (SSSR count). The molecule has 134 valence electrons. The van der Waals surface area contributed by atoms with E-state index in [0.29, 0.717) is 6.54 Å². The maximum atomic E-state index is 12.7. The van der Waals surface area contributed by atoms with E-state index in [-0.39, 0.29) is 5.69 Å². The Morgan fingerprint density at radius 1 is 1.12 bits per heavy atom. The number of amides is 1. The number of hydrogen-bond donors (Lipinski definition) is 0. The van der Waals surface area contributed by atoms with Gasteiger partial charge in [-0.15, -0.1) is 0 Å². The summed E-state index contributed by atoms with van der Waals surface area (Å²) in [5.41, 5.74) is 0.807.